The van der Waals surface area contributed by atoms with Crippen molar-refractivity contribution in [1.29, 1.82) is 0 Å². The maximum Gasteiger partial charge on any atom is 0.319 e. The molecule has 1 aliphatic carbocycles. The van der Waals surface area contributed by atoms with Crippen LogP contribution in [0, 0.1) is 5.41 Å². The Kier molecular flexibility index (Phi) is 14.0. The Balaban J connectivity index is 1.28. The summed E-state index contributed by atoms with van der Waals surface area (Å²) in [6, 6.07) is 28.6. The fourth-order valence-corrected chi connectivity index (χ4v) is 10.7. The zero-order valence-corrected chi connectivity index (χ0v) is 34.4. The van der Waals surface area contributed by atoms with Gasteiger partial charge in [0.05, 0.1) is 36.0 Å². The fraction of sp³-hybridized carbons (Fsp3) is 0.444. The lowest BCUT2D eigenvalue weighted by atomic mass is 9.69. The highest BCUT2D eigenvalue weighted by atomic mass is 32.2. The van der Waals surface area contributed by atoms with Crippen molar-refractivity contribution in [2.24, 2.45) is 5.41 Å². The molecule has 9 atom stereocenters. The molecule has 0 spiro atoms. The topological polar surface area (TPSA) is 178 Å². The maximum atomic E-state index is 14.1. The number of carbonyl (C=O) groups is 1. The maximum absolute atomic E-state index is 14.1. The number of fused-ring (bicyclic) bond motifs is 1. The highest BCUT2D eigenvalue weighted by Gasteiger charge is 2.52. The summed E-state index contributed by atoms with van der Waals surface area (Å²) in [5.41, 5.74) is 2.90. The molecule has 0 radical (unpaired) electrons. The van der Waals surface area contributed by atoms with Gasteiger partial charge < -0.3 is 45.4 Å². The molecule has 6 rings (SSSR count). The molecule has 312 valence electrons. The number of anilines is 2. The van der Waals surface area contributed by atoms with Gasteiger partial charge >= 0.3 is 6.03 Å². The molecule has 12 nitrogen and oxygen atoms in total. The number of carbonyl (C=O) groups excluding carboxylic acids is 1. The molecule has 0 bridgehead atoms. The van der Waals surface area contributed by atoms with Crippen molar-refractivity contribution in [1.82, 2.24) is 5.32 Å². The summed E-state index contributed by atoms with van der Waals surface area (Å²) in [5, 5.41) is 52.4. The van der Waals surface area contributed by atoms with E-state index in [4.69, 9.17) is 9.47 Å². The van der Waals surface area contributed by atoms with Crippen molar-refractivity contribution >= 4 is 27.2 Å². The molecular formula is C45H57N3O9S. The summed E-state index contributed by atoms with van der Waals surface area (Å²) in [7, 11) is -0.0576. The average molecular weight is 816 g/mol. The van der Waals surface area contributed by atoms with Crippen LogP contribution >= 0.6 is 0 Å². The Bertz CT molecular complexity index is 2030. The molecule has 0 aromatic heterocycles. The van der Waals surface area contributed by atoms with E-state index in [9.17, 15) is 33.6 Å². The van der Waals surface area contributed by atoms with Gasteiger partial charge in [0.1, 0.15) is 30.5 Å². The van der Waals surface area contributed by atoms with Crippen LogP contribution in [0.3, 0.4) is 0 Å². The molecule has 1 heterocycles. The molecule has 13 heteroatoms. The van der Waals surface area contributed by atoms with E-state index in [-0.39, 0.29) is 23.9 Å². The summed E-state index contributed by atoms with van der Waals surface area (Å²) in [5.74, 6) is -0.933. The second kappa shape index (κ2) is 18.7. The lowest BCUT2D eigenvalue weighted by Crippen LogP contribution is -2.69. The number of aliphatic hydroxyl groups excluding tert-OH is 4. The van der Waals surface area contributed by atoms with E-state index in [1.54, 1.807) is 30.3 Å². The first kappa shape index (κ1) is 43.2. The van der Waals surface area contributed by atoms with Gasteiger partial charge in [-0.15, -0.1) is 0 Å². The normalized spacial score (nSPS) is 27.9. The van der Waals surface area contributed by atoms with Gasteiger partial charge in [-0.25, -0.2) is 13.2 Å². The number of aliphatic hydroxyl groups is 4. The molecule has 1 fully saturated rings. The van der Waals surface area contributed by atoms with E-state index in [1.807, 2.05) is 106 Å². The number of sulfone groups is 1. The number of hydrogen-bond acceptors (Lipinski definition) is 10. The number of benzene rings is 4. The third-order valence-electron chi connectivity index (χ3n) is 11.8. The molecule has 2 amide bonds. The third kappa shape index (κ3) is 9.42. The third-order valence-corrected chi connectivity index (χ3v) is 13.8. The zero-order valence-electron chi connectivity index (χ0n) is 33.6. The van der Waals surface area contributed by atoms with Gasteiger partial charge in [-0.2, -0.15) is 0 Å². The molecule has 4 aromatic carbocycles. The second-order valence-electron chi connectivity index (χ2n) is 15.9. The van der Waals surface area contributed by atoms with Crippen molar-refractivity contribution in [2.45, 2.75) is 106 Å². The Hall–Kier alpha value is -4.34. The van der Waals surface area contributed by atoms with Gasteiger partial charge in [0.2, 0.25) is 0 Å². The molecule has 2 aliphatic rings. The van der Waals surface area contributed by atoms with Crippen molar-refractivity contribution in [2.75, 3.05) is 30.1 Å². The predicted molar refractivity (Wildman–Crippen MR) is 223 cm³/mol. The lowest BCUT2D eigenvalue weighted by molar-refractivity contribution is -0.222. The Morgan fingerprint density at radius 2 is 1.40 bits per heavy atom. The number of urea groups is 1. The predicted octanol–water partition coefficient (Wildman–Crippen LogP) is 5.38. The van der Waals surface area contributed by atoms with Gasteiger partial charge in [-0.05, 0) is 65.4 Å². The zero-order chi connectivity index (χ0) is 41.6. The highest BCUT2D eigenvalue weighted by Crippen LogP contribution is 2.49. The number of amides is 2. The minimum Gasteiger partial charge on any atom is -0.392 e. The summed E-state index contributed by atoms with van der Waals surface area (Å²) < 4.78 is 40.3. The van der Waals surface area contributed by atoms with Gasteiger partial charge in [0.15, 0.2) is 9.84 Å². The SMILES string of the molecule is CCCC[C@]1(CC)CS(=O)(=O)c2ccc(N(C)C)cc2[C@@H](c2cccc(NC(=O)NC3[C@@H](O)[C@H](OCc4ccccc4)C(O)[C@H](OCc4ccccc4)[C@H]3O)c2)[C@H]1O. The summed E-state index contributed by atoms with van der Waals surface area (Å²) in [6.45, 7) is 4.08. The van der Waals surface area contributed by atoms with Crippen LogP contribution in [-0.4, -0.2) is 97.4 Å². The quantitative estimate of drug-likeness (QED) is 0.0970. The largest absolute Gasteiger partial charge is 0.392 e. The van der Waals surface area contributed by atoms with E-state index >= 15 is 0 Å². The molecule has 6 N–H and O–H groups in total. The van der Waals surface area contributed by atoms with E-state index < -0.39 is 69.9 Å². The first-order valence-electron chi connectivity index (χ1n) is 20.0. The first-order chi connectivity index (χ1) is 27.8. The molecule has 0 saturated heterocycles. The second-order valence-corrected chi connectivity index (χ2v) is 17.8. The molecule has 4 aromatic rings. The van der Waals surface area contributed by atoms with Crippen molar-refractivity contribution < 1.29 is 43.1 Å². The molecule has 58 heavy (non-hydrogen) atoms. The fourth-order valence-electron chi connectivity index (χ4n) is 8.43. The van der Waals surface area contributed by atoms with Gasteiger partial charge in [-0.3, -0.25) is 0 Å². The minimum atomic E-state index is -3.80. The minimum absolute atomic E-state index is 0.0537. The van der Waals surface area contributed by atoms with Crippen LogP contribution in [0.5, 0.6) is 0 Å². The number of unbranched alkanes of at least 4 members (excludes halogenated alkanes) is 1. The van der Waals surface area contributed by atoms with Crippen LogP contribution < -0.4 is 15.5 Å². The molecule has 2 unspecified atom stereocenters. The smallest absolute Gasteiger partial charge is 0.319 e. The number of nitrogens with one attached hydrogen (secondary N) is 2. The average Bonchev–Trinajstić information content (AvgIpc) is 3.28. The van der Waals surface area contributed by atoms with Crippen LogP contribution in [0.2, 0.25) is 0 Å². The first-order valence-corrected chi connectivity index (χ1v) is 21.7. The van der Waals surface area contributed by atoms with Crippen molar-refractivity contribution in [3.63, 3.8) is 0 Å². The Morgan fingerprint density at radius 3 is 1.95 bits per heavy atom. The molecule has 1 aliphatic heterocycles. The van der Waals surface area contributed by atoms with Gasteiger partial charge in [-0.1, -0.05) is 99.5 Å². The van der Waals surface area contributed by atoms with E-state index in [0.29, 0.717) is 29.7 Å². The van der Waals surface area contributed by atoms with Crippen molar-refractivity contribution in [3.05, 3.63) is 125 Å². The van der Waals surface area contributed by atoms with Crippen LogP contribution in [0.4, 0.5) is 16.2 Å². The van der Waals surface area contributed by atoms with Crippen LogP contribution in [0.1, 0.15) is 67.7 Å². The van der Waals surface area contributed by atoms with Crippen LogP contribution in [0.25, 0.3) is 0 Å². The van der Waals surface area contributed by atoms with Crippen LogP contribution in [0.15, 0.2) is 108 Å². The monoisotopic (exact) mass is 815 g/mol. The van der Waals surface area contributed by atoms with Gasteiger partial charge in [0.25, 0.3) is 0 Å². The Labute approximate surface area is 341 Å². The highest BCUT2D eigenvalue weighted by molar-refractivity contribution is 7.91. The number of nitrogens with zero attached hydrogens (tertiary/aromatic N) is 1. The lowest BCUT2D eigenvalue weighted by Gasteiger charge is -2.45. The number of rotatable bonds is 14. The van der Waals surface area contributed by atoms with E-state index in [0.717, 1.165) is 29.7 Å². The standard InChI is InChI=1S/C45H57N3O9S/c1-5-7-23-45(6-2)28-58(54,55)35-22-21-33(48(3)4)25-34(35)36(43(45)52)31-19-14-20-32(24-31)46-44(53)47-37-38(49)41(56-26-29-15-10-8-11-16-29)40(51)42(39(37)50)57-27-30-17-12-9-13-18-30/h8-22,24-25,36-43,49-52H,5-7,23,26-28H2,1-4H3,(H2,46,47,53)/t36-,37?,38-,39+,40?,41+,42-,43-,45-/m1/s1. The number of ether oxygens (including phenoxy) is 2. The summed E-state index contributed by atoms with van der Waals surface area (Å²) in [4.78, 5) is 15.8. The molecule has 1 saturated carbocycles. The van der Waals surface area contributed by atoms with E-state index in [2.05, 4.69) is 10.6 Å². The van der Waals surface area contributed by atoms with E-state index in [1.165, 1.54) is 0 Å². The van der Waals surface area contributed by atoms with Crippen LogP contribution in [-0.2, 0) is 32.5 Å². The summed E-state index contributed by atoms with van der Waals surface area (Å²) in [6.07, 6.45) is -5.46. The molecular weight excluding hydrogens is 759 g/mol. The summed E-state index contributed by atoms with van der Waals surface area (Å²) >= 11 is 0. The van der Waals surface area contributed by atoms with Gasteiger partial charge in [0, 0.05) is 36.8 Å². The Morgan fingerprint density at radius 1 is 0.793 bits per heavy atom. The number of hydrogen-bond donors (Lipinski definition) is 6. The van der Waals surface area contributed by atoms with Crippen molar-refractivity contribution in [3.8, 4) is 0 Å².